The van der Waals surface area contributed by atoms with Gasteiger partial charge in [-0.2, -0.15) is 5.10 Å². The Morgan fingerprint density at radius 1 is 2.00 bits per heavy atom. The second-order valence-electron chi connectivity index (χ2n) is 1.06. The molecule has 0 aromatic heterocycles. The normalized spacial score (nSPS) is 18.3. The van der Waals surface area contributed by atoms with Crippen LogP contribution in [0.4, 0.5) is 0 Å². The van der Waals surface area contributed by atoms with Crippen LogP contribution in [0, 0.1) is 0 Å². The van der Waals surface area contributed by atoms with Crippen molar-refractivity contribution in [2.45, 2.75) is 0 Å². The third-order valence-corrected chi connectivity index (χ3v) is 0.803. The fourth-order valence-electron chi connectivity index (χ4n) is 0.287. The van der Waals surface area contributed by atoms with Crippen LogP contribution in [0.2, 0.25) is 0 Å². The molecule has 0 aliphatic carbocycles. The maximum atomic E-state index is 4.71. The largest absolute Gasteiger partial charge is 0.305 e. The van der Waals surface area contributed by atoms with Gasteiger partial charge in [-0.1, -0.05) is 12.2 Å². The van der Waals surface area contributed by atoms with Crippen LogP contribution in [0.1, 0.15) is 0 Å². The van der Waals surface area contributed by atoms with Crippen molar-refractivity contribution in [1.29, 1.82) is 0 Å². The highest BCUT2D eigenvalue weighted by molar-refractivity contribution is 7.82. The molecule has 3 heteroatoms. The summed E-state index contributed by atoms with van der Waals surface area (Å²) < 4.78 is 0. The fraction of sp³-hybridized carbons (Fsp3) is 0.333. The standard InChI is InChI=1S/C3H4N2S/c6-3-1-4-5-2-3/h1,5H,2H2. The molecule has 0 amide bonds. The average Bonchev–Trinajstić information content (AvgIpc) is 1.86. The van der Waals surface area contributed by atoms with Gasteiger partial charge in [-0.05, 0) is 0 Å². The number of hydrogen-bond donors (Lipinski definition) is 1. The summed E-state index contributed by atoms with van der Waals surface area (Å²) in [6, 6.07) is 0. The molecule has 1 rings (SSSR count). The van der Waals surface area contributed by atoms with Crippen molar-refractivity contribution in [3.63, 3.8) is 0 Å². The first-order valence-electron chi connectivity index (χ1n) is 1.68. The molecule has 0 saturated carbocycles. The minimum atomic E-state index is 0.745. The van der Waals surface area contributed by atoms with Crippen molar-refractivity contribution in [2.75, 3.05) is 6.54 Å². The Balaban J connectivity index is 2.59. The van der Waals surface area contributed by atoms with Gasteiger partial charge >= 0.3 is 0 Å². The molecule has 2 nitrogen and oxygen atoms in total. The highest BCUT2D eigenvalue weighted by Gasteiger charge is 1.93. The van der Waals surface area contributed by atoms with E-state index >= 15 is 0 Å². The molecule has 1 heterocycles. The summed E-state index contributed by atoms with van der Waals surface area (Å²) in [7, 11) is 0. The molecule has 0 unspecified atom stereocenters. The lowest BCUT2D eigenvalue weighted by atomic mass is 10.5. The number of hydrogen-bond acceptors (Lipinski definition) is 3. The molecule has 1 aliphatic heterocycles. The van der Waals surface area contributed by atoms with E-state index < -0.39 is 0 Å². The Morgan fingerprint density at radius 2 is 2.83 bits per heavy atom. The zero-order chi connectivity index (χ0) is 4.41. The number of nitrogens with zero attached hydrogens (tertiary/aromatic N) is 1. The van der Waals surface area contributed by atoms with Crippen LogP contribution in [-0.2, 0) is 0 Å². The second-order valence-corrected chi connectivity index (χ2v) is 1.58. The van der Waals surface area contributed by atoms with Gasteiger partial charge in [-0.15, -0.1) is 0 Å². The molecule has 0 saturated heterocycles. The molecule has 0 fully saturated rings. The van der Waals surface area contributed by atoms with Gasteiger partial charge < -0.3 is 5.43 Å². The molecule has 0 aromatic carbocycles. The summed E-state index contributed by atoms with van der Waals surface area (Å²) in [4.78, 5) is 0.884. The van der Waals surface area contributed by atoms with Gasteiger partial charge in [-0.3, -0.25) is 0 Å². The van der Waals surface area contributed by atoms with Crippen molar-refractivity contribution in [2.24, 2.45) is 5.10 Å². The zero-order valence-corrected chi connectivity index (χ0v) is 3.96. The second kappa shape index (κ2) is 1.34. The Labute approximate surface area is 41.2 Å². The first-order valence-corrected chi connectivity index (χ1v) is 2.09. The summed E-state index contributed by atoms with van der Waals surface area (Å²) in [5, 5.41) is 3.65. The smallest absolute Gasteiger partial charge is 0.0697 e. The van der Waals surface area contributed by atoms with Crippen LogP contribution >= 0.6 is 12.2 Å². The van der Waals surface area contributed by atoms with Gasteiger partial charge in [0.25, 0.3) is 0 Å². The zero-order valence-electron chi connectivity index (χ0n) is 3.14. The first kappa shape index (κ1) is 3.74. The van der Waals surface area contributed by atoms with E-state index in [1.807, 2.05) is 0 Å². The van der Waals surface area contributed by atoms with E-state index in [0.29, 0.717) is 0 Å². The highest BCUT2D eigenvalue weighted by Crippen LogP contribution is 1.76. The lowest BCUT2D eigenvalue weighted by molar-refractivity contribution is 0.884. The Morgan fingerprint density at radius 3 is 3.00 bits per heavy atom. The Kier molecular flexibility index (Phi) is 0.837. The summed E-state index contributed by atoms with van der Waals surface area (Å²) in [5.74, 6) is 0. The van der Waals surface area contributed by atoms with E-state index in [-0.39, 0.29) is 0 Å². The predicted molar refractivity (Wildman–Crippen MR) is 29.1 cm³/mol. The Hall–Kier alpha value is -0.440. The lowest BCUT2D eigenvalue weighted by Crippen LogP contribution is -2.05. The third kappa shape index (κ3) is 0.542. The van der Waals surface area contributed by atoms with Gasteiger partial charge in [0.2, 0.25) is 0 Å². The van der Waals surface area contributed by atoms with E-state index in [0.717, 1.165) is 11.4 Å². The van der Waals surface area contributed by atoms with E-state index in [1.165, 1.54) is 0 Å². The number of rotatable bonds is 0. The quantitative estimate of drug-likeness (QED) is 0.431. The van der Waals surface area contributed by atoms with Crippen LogP contribution in [0.25, 0.3) is 0 Å². The molecule has 0 aromatic rings. The van der Waals surface area contributed by atoms with Crippen LogP contribution < -0.4 is 5.43 Å². The van der Waals surface area contributed by atoms with Crippen molar-refractivity contribution in [3.8, 4) is 0 Å². The first-order chi connectivity index (χ1) is 2.89. The SMILES string of the molecule is S=C1C=NNC1. The number of nitrogens with one attached hydrogen (secondary N) is 1. The van der Waals surface area contributed by atoms with E-state index in [1.54, 1.807) is 6.21 Å². The molecule has 1 N–H and O–H groups in total. The van der Waals surface area contributed by atoms with E-state index in [9.17, 15) is 0 Å². The highest BCUT2D eigenvalue weighted by atomic mass is 32.1. The molecule has 0 radical (unpaired) electrons. The van der Waals surface area contributed by atoms with E-state index in [4.69, 9.17) is 12.2 Å². The monoisotopic (exact) mass is 100 g/mol. The maximum Gasteiger partial charge on any atom is 0.0697 e. The molecule has 0 bridgehead atoms. The summed E-state index contributed by atoms with van der Waals surface area (Å²) in [6.07, 6.45) is 1.65. The molecule has 0 spiro atoms. The molecule has 0 atom stereocenters. The van der Waals surface area contributed by atoms with Crippen LogP contribution in [0.5, 0.6) is 0 Å². The topological polar surface area (TPSA) is 24.4 Å². The summed E-state index contributed by atoms with van der Waals surface area (Å²) in [6.45, 7) is 0.745. The van der Waals surface area contributed by atoms with E-state index in [2.05, 4.69) is 10.5 Å². The van der Waals surface area contributed by atoms with Crippen molar-refractivity contribution < 1.29 is 0 Å². The Bertz CT molecular complexity index is 97.0. The maximum absolute atomic E-state index is 4.71. The van der Waals surface area contributed by atoms with Gasteiger partial charge in [0.15, 0.2) is 0 Å². The van der Waals surface area contributed by atoms with Crippen molar-refractivity contribution in [1.82, 2.24) is 5.43 Å². The molecule has 32 valence electrons. The average molecular weight is 100 g/mol. The van der Waals surface area contributed by atoms with Gasteiger partial charge in [-0.25, -0.2) is 0 Å². The minimum absolute atomic E-state index is 0.745. The predicted octanol–water partition coefficient (Wildman–Crippen LogP) is -0.0547. The van der Waals surface area contributed by atoms with Gasteiger partial charge in [0.05, 0.1) is 17.6 Å². The lowest BCUT2D eigenvalue weighted by Gasteiger charge is -1.78. The van der Waals surface area contributed by atoms with Crippen LogP contribution in [0.3, 0.4) is 0 Å². The fourth-order valence-corrected chi connectivity index (χ4v) is 0.404. The molecular formula is C3H4N2S. The molecule has 1 aliphatic rings. The molecule has 6 heavy (non-hydrogen) atoms. The van der Waals surface area contributed by atoms with Gasteiger partial charge in [0, 0.05) is 0 Å². The number of thiocarbonyl (C=S) groups is 1. The van der Waals surface area contributed by atoms with Crippen LogP contribution in [0.15, 0.2) is 5.10 Å². The number of hydrazone groups is 1. The van der Waals surface area contributed by atoms with Crippen molar-refractivity contribution >= 4 is 23.3 Å². The molecular weight excluding hydrogens is 96.1 g/mol. The summed E-state index contributed by atoms with van der Waals surface area (Å²) >= 11 is 4.71. The van der Waals surface area contributed by atoms with Crippen molar-refractivity contribution in [3.05, 3.63) is 0 Å². The van der Waals surface area contributed by atoms with Gasteiger partial charge in [0.1, 0.15) is 0 Å². The third-order valence-electron chi connectivity index (χ3n) is 0.553. The summed E-state index contributed by atoms with van der Waals surface area (Å²) in [5.41, 5.74) is 2.70. The minimum Gasteiger partial charge on any atom is -0.305 e. The van der Waals surface area contributed by atoms with Crippen LogP contribution in [-0.4, -0.2) is 17.6 Å².